The first-order valence-corrected chi connectivity index (χ1v) is 10.2. The second-order valence-corrected chi connectivity index (χ2v) is 7.97. The number of nitrogens with one attached hydrogen (secondary N) is 1. The Labute approximate surface area is 187 Å². The Morgan fingerprint density at radius 3 is 2.28 bits per heavy atom. The third-order valence-electron chi connectivity index (χ3n) is 5.89. The average Bonchev–Trinajstić information content (AvgIpc) is 2.99. The Balaban J connectivity index is 1.77. The summed E-state index contributed by atoms with van der Waals surface area (Å²) in [6.07, 6.45) is -2.98. The molecule has 1 heterocycles. The molecule has 1 aliphatic carbocycles. The minimum absolute atomic E-state index is 0.0397. The van der Waals surface area contributed by atoms with Crippen LogP contribution in [0, 0.1) is 11.3 Å². The Kier molecular flexibility index (Phi) is 5.17. The number of nitriles is 1. The zero-order chi connectivity index (χ0) is 23.3. The second-order valence-electron chi connectivity index (χ2n) is 7.61. The number of carbonyl (C=O) groups excluding carboxylic acids is 2. The summed E-state index contributed by atoms with van der Waals surface area (Å²) in [6.45, 7) is 0. The molecule has 1 saturated heterocycles. The van der Waals surface area contributed by atoms with Crippen LogP contribution in [0.5, 0.6) is 0 Å². The number of anilines is 2. The van der Waals surface area contributed by atoms with Crippen LogP contribution in [0.3, 0.4) is 0 Å². The zero-order valence-electron chi connectivity index (χ0n) is 16.9. The average molecular weight is 458 g/mol. The molecule has 32 heavy (non-hydrogen) atoms. The lowest BCUT2D eigenvalue weighted by Gasteiger charge is -2.43. The standard InChI is InChI=1S/C22H17F3N4O2S/c1-27-18(30)13-3-6-15(7-4-13)29-20(32)28(19(31)21(29)9-2-10-21)16-8-5-14(12-26)17(11-16)22(23,24)25/h3-8,11H,2,9-10H2,1H3,(H,27,30). The van der Waals surface area contributed by atoms with Gasteiger partial charge in [-0.25, -0.2) is 0 Å². The highest BCUT2D eigenvalue weighted by atomic mass is 32.1. The molecular weight excluding hydrogens is 441 g/mol. The van der Waals surface area contributed by atoms with Crippen LogP contribution < -0.4 is 15.1 Å². The van der Waals surface area contributed by atoms with Crippen molar-refractivity contribution in [3.8, 4) is 6.07 Å². The molecule has 0 bridgehead atoms. The van der Waals surface area contributed by atoms with Crippen molar-refractivity contribution in [1.29, 1.82) is 5.26 Å². The summed E-state index contributed by atoms with van der Waals surface area (Å²) in [5.74, 6) is -0.671. The Morgan fingerprint density at radius 1 is 1.16 bits per heavy atom. The molecule has 1 aliphatic heterocycles. The first-order chi connectivity index (χ1) is 15.1. The van der Waals surface area contributed by atoms with Crippen LogP contribution in [0.1, 0.15) is 40.7 Å². The van der Waals surface area contributed by atoms with E-state index in [1.54, 1.807) is 29.2 Å². The molecule has 4 rings (SSSR count). The number of nitrogens with zero attached hydrogens (tertiary/aromatic N) is 3. The van der Waals surface area contributed by atoms with Gasteiger partial charge < -0.3 is 10.2 Å². The van der Waals surface area contributed by atoms with Crippen molar-refractivity contribution in [3.63, 3.8) is 0 Å². The lowest BCUT2D eigenvalue weighted by molar-refractivity contribution is -0.137. The van der Waals surface area contributed by atoms with E-state index in [0.29, 0.717) is 24.1 Å². The normalized spacial score (nSPS) is 17.3. The summed E-state index contributed by atoms with van der Waals surface area (Å²) in [5, 5.41) is 11.6. The number of hydrogen-bond donors (Lipinski definition) is 1. The molecule has 2 fully saturated rings. The molecule has 1 saturated carbocycles. The Bertz CT molecular complexity index is 1170. The lowest BCUT2D eigenvalue weighted by atomic mass is 9.75. The predicted molar refractivity (Wildman–Crippen MR) is 115 cm³/mol. The van der Waals surface area contributed by atoms with E-state index in [1.807, 2.05) is 0 Å². The number of benzene rings is 2. The maximum absolute atomic E-state index is 13.5. The SMILES string of the molecule is CNC(=O)c1ccc(N2C(=S)N(c3ccc(C#N)c(C(F)(F)F)c3)C(=O)C23CCC3)cc1. The monoisotopic (exact) mass is 458 g/mol. The van der Waals surface area contributed by atoms with E-state index in [9.17, 15) is 22.8 Å². The van der Waals surface area contributed by atoms with Crippen LogP contribution in [0.2, 0.25) is 0 Å². The minimum atomic E-state index is -4.75. The van der Waals surface area contributed by atoms with E-state index in [4.69, 9.17) is 17.5 Å². The third kappa shape index (κ3) is 3.20. The van der Waals surface area contributed by atoms with E-state index < -0.39 is 28.7 Å². The fourth-order valence-electron chi connectivity index (χ4n) is 4.12. The minimum Gasteiger partial charge on any atom is -0.355 e. The van der Waals surface area contributed by atoms with Crippen LogP contribution in [-0.2, 0) is 11.0 Å². The number of carbonyl (C=O) groups is 2. The van der Waals surface area contributed by atoms with E-state index in [0.717, 1.165) is 23.5 Å². The summed E-state index contributed by atoms with van der Waals surface area (Å²) in [7, 11) is 1.51. The number of alkyl halides is 3. The van der Waals surface area contributed by atoms with Crippen LogP contribution >= 0.6 is 12.2 Å². The Hall–Kier alpha value is -3.45. The smallest absolute Gasteiger partial charge is 0.355 e. The van der Waals surface area contributed by atoms with Crippen LogP contribution in [0.25, 0.3) is 0 Å². The molecule has 2 amide bonds. The van der Waals surface area contributed by atoms with Crippen molar-refractivity contribution in [1.82, 2.24) is 5.32 Å². The van der Waals surface area contributed by atoms with E-state index >= 15 is 0 Å². The van der Waals surface area contributed by atoms with Gasteiger partial charge in [0.2, 0.25) is 0 Å². The maximum Gasteiger partial charge on any atom is 0.417 e. The summed E-state index contributed by atoms with van der Waals surface area (Å²) in [4.78, 5) is 28.0. The molecule has 0 unspecified atom stereocenters. The largest absolute Gasteiger partial charge is 0.417 e. The van der Waals surface area contributed by atoms with Crippen molar-refractivity contribution in [2.24, 2.45) is 0 Å². The van der Waals surface area contributed by atoms with Crippen molar-refractivity contribution in [2.75, 3.05) is 16.8 Å². The van der Waals surface area contributed by atoms with E-state index in [-0.39, 0.29) is 16.7 Å². The van der Waals surface area contributed by atoms with Gasteiger partial charge in [0, 0.05) is 18.3 Å². The summed E-state index contributed by atoms with van der Waals surface area (Å²) < 4.78 is 40.4. The van der Waals surface area contributed by atoms with Crippen LogP contribution in [0.15, 0.2) is 42.5 Å². The van der Waals surface area contributed by atoms with Gasteiger partial charge >= 0.3 is 6.18 Å². The predicted octanol–water partition coefficient (Wildman–Crippen LogP) is 4.00. The number of hydrogen-bond acceptors (Lipinski definition) is 4. The van der Waals surface area contributed by atoms with E-state index in [2.05, 4.69) is 5.32 Å². The molecule has 2 aromatic rings. The number of halogens is 3. The molecule has 1 N–H and O–H groups in total. The van der Waals surface area contributed by atoms with Crippen molar-refractivity contribution in [2.45, 2.75) is 31.0 Å². The van der Waals surface area contributed by atoms with E-state index in [1.165, 1.54) is 19.2 Å². The Morgan fingerprint density at radius 2 is 1.78 bits per heavy atom. The molecule has 1 spiro atoms. The van der Waals surface area contributed by atoms with Gasteiger partial charge in [-0.05, 0) is 73.9 Å². The number of thiocarbonyl (C=S) groups is 1. The van der Waals surface area contributed by atoms with Gasteiger partial charge in [0.05, 0.1) is 22.9 Å². The van der Waals surface area contributed by atoms with Crippen molar-refractivity contribution < 1.29 is 22.8 Å². The fourth-order valence-corrected chi connectivity index (χ4v) is 4.59. The van der Waals surface area contributed by atoms with Gasteiger partial charge in [-0.1, -0.05) is 0 Å². The topological polar surface area (TPSA) is 76.4 Å². The molecule has 10 heteroatoms. The van der Waals surface area contributed by atoms with Gasteiger partial charge in [0.25, 0.3) is 11.8 Å². The van der Waals surface area contributed by atoms with Crippen LogP contribution in [0.4, 0.5) is 24.5 Å². The molecule has 0 aromatic heterocycles. The highest BCUT2D eigenvalue weighted by Gasteiger charge is 2.59. The molecular formula is C22H17F3N4O2S. The maximum atomic E-state index is 13.5. The first-order valence-electron chi connectivity index (χ1n) is 9.76. The van der Waals surface area contributed by atoms with Gasteiger partial charge in [0.1, 0.15) is 5.54 Å². The number of amides is 2. The highest BCUT2D eigenvalue weighted by molar-refractivity contribution is 7.81. The van der Waals surface area contributed by atoms with Gasteiger partial charge in [-0.3, -0.25) is 14.5 Å². The number of rotatable bonds is 3. The molecule has 0 atom stereocenters. The third-order valence-corrected chi connectivity index (χ3v) is 6.26. The van der Waals surface area contributed by atoms with Gasteiger partial charge in [0.15, 0.2) is 5.11 Å². The quantitative estimate of drug-likeness (QED) is 0.704. The van der Waals surface area contributed by atoms with Crippen molar-refractivity contribution in [3.05, 3.63) is 59.2 Å². The molecule has 2 aromatic carbocycles. The first kappa shape index (κ1) is 21.8. The van der Waals surface area contributed by atoms with Crippen LogP contribution in [-0.4, -0.2) is 29.5 Å². The summed E-state index contributed by atoms with van der Waals surface area (Å²) >= 11 is 5.56. The van der Waals surface area contributed by atoms with Crippen molar-refractivity contribution >= 4 is 40.5 Å². The molecule has 0 radical (unpaired) electrons. The summed E-state index contributed by atoms with van der Waals surface area (Å²) in [6, 6.07) is 11.2. The second kappa shape index (κ2) is 7.60. The molecule has 6 nitrogen and oxygen atoms in total. The van der Waals surface area contributed by atoms with Gasteiger partial charge in [-0.2, -0.15) is 18.4 Å². The molecule has 164 valence electrons. The molecule has 2 aliphatic rings. The van der Waals surface area contributed by atoms with Gasteiger partial charge in [-0.15, -0.1) is 0 Å². The lowest BCUT2D eigenvalue weighted by Crippen LogP contribution is -2.55. The fraction of sp³-hybridized carbons (Fsp3) is 0.273. The highest BCUT2D eigenvalue weighted by Crippen LogP contribution is 2.48. The zero-order valence-corrected chi connectivity index (χ0v) is 17.7. The summed E-state index contributed by atoms with van der Waals surface area (Å²) in [5.41, 5.74) is -1.67.